The van der Waals surface area contributed by atoms with Crippen molar-refractivity contribution in [2.75, 3.05) is 0 Å². The van der Waals surface area contributed by atoms with E-state index in [1.807, 2.05) is 0 Å². The average molecular weight is 167 g/mol. The summed E-state index contributed by atoms with van der Waals surface area (Å²) in [5.41, 5.74) is 0. The molecule has 0 heterocycles. The van der Waals surface area contributed by atoms with Crippen molar-refractivity contribution in [3.8, 4) is 0 Å². The van der Waals surface area contributed by atoms with Crippen LogP contribution in [0.25, 0.3) is 0 Å². The molecule has 0 bridgehead atoms. The molecule has 0 saturated carbocycles. The van der Waals surface area contributed by atoms with Crippen LogP contribution in [0.2, 0.25) is 6.55 Å². The van der Waals surface area contributed by atoms with Crippen molar-refractivity contribution in [1.29, 1.82) is 0 Å². The van der Waals surface area contributed by atoms with E-state index in [-0.39, 0.29) is 5.48 Å². The molecular weight excluding hydrogens is 162 g/mol. The molecule has 0 aromatic rings. The predicted octanol–water partition coefficient (Wildman–Crippen LogP) is 1.45. The van der Waals surface area contributed by atoms with Gasteiger partial charge in [-0.15, -0.1) is 33.2 Å². The zero-order valence-electron chi connectivity index (χ0n) is 3.13. The SMILES string of the molecule is C[Si](Cl)(Cl)Cl.O. The normalized spacial score (nSPS) is 10.0. The van der Waals surface area contributed by atoms with Gasteiger partial charge in [-0.3, -0.25) is 0 Å². The maximum Gasteiger partial charge on any atom is 0.338 e. The lowest BCUT2D eigenvalue weighted by atomic mass is 11.9. The summed E-state index contributed by atoms with van der Waals surface area (Å²) in [7, 11) is 0. The lowest BCUT2D eigenvalue weighted by Crippen LogP contribution is -1.97. The quantitative estimate of drug-likeness (QED) is 0.386. The van der Waals surface area contributed by atoms with Crippen molar-refractivity contribution < 1.29 is 5.48 Å². The molecule has 0 unspecified atom stereocenters. The summed E-state index contributed by atoms with van der Waals surface area (Å²) in [6.45, 7) is 1.62. The number of halogens is 3. The first-order valence-corrected chi connectivity index (χ1v) is 6.60. The van der Waals surface area contributed by atoms with Crippen LogP contribution in [-0.2, 0) is 0 Å². The fourth-order valence-corrected chi connectivity index (χ4v) is 0. The highest BCUT2D eigenvalue weighted by Crippen LogP contribution is 2.17. The zero-order valence-corrected chi connectivity index (χ0v) is 6.40. The largest absolute Gasteiger partial charge is 0.412 e. The molecule has 6 heavy (non-hydrogen) atoms. The Labute approximate surface area is 51.6 Å². The summed E-state index contributed by atoms with van der Waals surface area (Å²) in [6, 6.07) is -2.19. The second kappa shape index (κ2) is 3.10. The first-order chi connectivity index (χ1) is 2.00. The van der Waals surface area contributed by atoms with E-state index in [0.717, 1.165) is 0 Å². The molecule has 0 atom stereocenters. The number of hydrogen-bond donors (Lipinski definition) is 0. The Balaban J connectivity index is 0. The molecule has 0 aromatic heterocycles. The van der Waals surface area contributed by atoms with Crippen LogP contribution in [0.3, 0.4) is 0 Å². The van der Waals surface area contributed by atoms with E-state index in [1.54, 1.807) is 6.55 Å². The van der Waals surface area contributed by atoms with Gasteiger partial charge in [0, 0.05) is 0 Å². The highest BCUT2D eigenvalue weighted by molar-refractivity contribution is 7.64. The molecule has 0 amide bonds. The molecule has 0 aliphatic carbocycles. The Hall–Kier alpha value is 1.05. The van der Waals surface area contributed by atoms with E-state index in [0.29, 0.717) is 0 Å². The zero-order chi connectivity index (χ0) is 4.50. The van der Waals surface area contributed by atoms with Gasteiger partial charge < -0.3 is 5.48 Å². The molecular formula is CH5Cl3OSi. The van der Waals surface area contributed by atoms with E-state index in [9.17, 15) is 0 Å². The molecule has 0 rings (SSSR count). The van der Waals surface area contributed by atoms with E-state index in [1.165, 1.54) is 0 Å². The summed E-state index contributed by atoms with van der Waals surface area (Å²) in [6.07, 6.45) is 0. The van der Waals surface area contributed by atoms with Gasteiger partial charge in [-0.2, -0.15) is 0 Å². The second-order valence-corrected chi connectivity index (χ2v) is 10.9. The molecule has 5 heteroatoms. The van der Waals surface area contributed by atoms with Crippen LogP contribution in [0.4, 0.5) is 0 Å². The van der Waals surface area contributed by atoms with Crippen LogP contribution in [0.1, 0.15) is 0 Å². The summed E-state index contributed by atoms with van der Waals surface area (Å²) >= 11 is 15.6. The molecule has 0 radical (unpaired) electrons. The smallest absolute Gasteiger partial charge is 0.338 e. The van der Waals surface area contributed by atoms with Crippen LogP contribution in [0, 0.1) is 0 Å². The van der Waals surface area contributed by atoms with E-state index in [4.69, 9.17) is 33.2 Å². The lowest BCUT2D eigenvalue weighted by molar-refractivity contribution is 0.824. The van der Waals surface area contributed by atoms with Crippen LogP contribution < -0.4 is 0 Å². The third kappa shape index (κ3) is 75.4. The van der Waals surface area contributed by atoms with Gasteiger partial charge >= 0.3 is 6.00 Å². The van der Waals surface area contributed by atoms with Crippen molar-refractivity contribution in [2.45, 2.75) is 6.55 Å². The van der Waals surface area contributed by atoms with Crippen molar-refractivity contribution in [1.82, 2.24) is 0 Å². The van der Waals surface area contributed by atoms with Crippen molar-refractivity contribution in [2.24, 2.45) is 0 Å². The number of rotatable bonds is 0. The molecule has 1 nitrogen and oxygen atoms in total. The van der Waals surface area contributed by atoms with Crippen LogP contribution >= 0.6 is 33.2 Å². The molecule has 0 aliphatic rings. The van der Waals surface area contributed by atoms with Gasteiger partial charge in [0.2, 0.25) is 0 Å². The molecule has 0 saturated heterocycles. The summed E-state index contributed by atoms with van der Waals surface area (Å²) in [5.74, 6) is 0. The van der Waals surface area contributed by atoms with Crippen LogP contribution in [0.5, 0.6) is 0 Å². The second-order valence-electron chi connectivity index (χ2n) is 0.781. The predicted molar refractivity (Wildman–Crippen MR) is 32.8 cm³/mol. The van der Waals surface area contributed by atoms with Crippen LogP contribution in [-0.4, -0.2) is 11.5 Å². The minimum Gasteiger partial charge on any atom is -0.412 e. The summed E-state index contributed by atoms with van der Waals surface area (Å²) < 4.78 is 0. The third-order valence-electron chi connectivity index (χ3n) is 0. The maximum atomic E-state index is 5.20. The van der Waals surface area contributed by atoms with Crippen molar-refractivity contribution >= 4 is 39.2 Å². The Morgan fingerprint density at radius 3 is 1.17 bits per heavy atom. The molecule has 0 fully saturated rings. The lowest BCUT2D eigenvalue weighted by Gasteiger charge is -1.89. The molecule has 0 aliphatic heterocycles. The highest BCUT2D eigenvalue weighted by Gasteiger charge is 2.13. The Bertz CT molecular complexity index is 26.3. The molecule has 2 N–H and O–H groups in total. The maximum absolute atomic E-state index is 5.20. The fourth-order valence-electron chi connectivity index (χ4n) is 0. The van der Waals surface area contributed by atoms with Gasteiger partial charge in [0.05, 0.1) is 0 Å². The number of hydrogen-bond acceptors (Lipinski definition) is 0. The van der Waals surface area contributed by atoms with Gasteiger partial charge in [0.1, 0.15) is 0 Å². The molecule has 40 valence electrons. The third-order valence-corrected chi connectivity index (χ3v) is 0. The Kier molecular flexibility index (Phi) is 5.23. The monoisotopic (exact) mass is 166 g/mol. The van der Waals surface area contributed by atoms with Gasteiger partial charge in [-0.1, -0.05) is 0 Å². The van der Waals surface area contributed by atoms with E-state index < -0.39 is 6.00 Å². The Morgan fingerprint density at radius 2 is 1.17 bits per heavy atom. The minimum absolute atomic E-state index is 0. The van der Waals surface area contributed by atoms with Crippen molar-refractivity contribution in [3.05, 3.63) is 0 Å². The highest BCUT2D eigenvalue weighted by atomic mass is 35.8. The first-order valence-electron chi connectivity index (χ1n) is 1.07. The van der Waals surface area contributed by atoms with Crippen molar-refractivity contribution in [3.63, 3.8) is 0 Å². The van der Waals surface area contributed by atoms with Gasteiger partial charge in [-0.05, 0) is 6.55 Å². The molecule has 0 aromatic carbocycles. The topological polar surface area (TPSA) is 31.5 Å². The van der Waals surface area contributed by atoms with E-state index >= 15 is 0 Å². The minimum atomic E-state index is -2.19. The average Bonchev–Trinajstić information content (AvgIpc) is 0.722. The van der Waals surface area contributed by atoms with Gasteiger partial charge in [0.25, 0.3) is 0 Å². The summed E-state index contributed by atoms with van der Waals surface area (Å²) in [5, 5.41) is 0. The first kappa shape index (κ1) is 10.1. The van der Waals surface area contributed by atoms with Gasteiger partial charge in [-0.25, -0.2) is 0 Å². The van der Waals surface area contributed by atoms with Gasteiger partial charge in [0.15, 0.2) is 0 Å². The fraction of sp³-hybridized carbons (Fsp3) is 1.00. The Morgan fingerprint density at radius 1 is 1.17 bits per heavy atom. The summed E-state index contributed by atoms with van der Waals surface area (Å²) in [4.78, 5) is 0. The standard InChI is InChI=1S/CH3Cl3Si.H2O/c1-5(2,3)4;/h1H3;1H2. The van der Waals surface area contributed by atoms with E-state index in [2.05, 4.69) is 0 Å². The van der Waals surface area contributed by atoms with Crippen LogP contribution in [0.15, 0.2) is 0 Å². The molecule has 0 spiro atoms.